The standard InChI is InChI=1S/C12H19N/c1-5-8-9-13-10-12(7-3)11(4)6-2/h2,5,9,11-12H,1,7-8,10H2,3-4H3. The van der Waals surface area contributed by atoms with Crippen molar-refractivity contribution in [2.45, 2.75) is 26.7 Å². The van der Waals surface area contributed by atoms with E-state index in [1.807, 2.05) is 12.3 Å². The molecule has 0 aliphatic rings. The molecule has 0 aromatic rings. The van der Waals surface area contributed by atoms with Crippen LogP contribution in [0, 0.1) is 24.2 Å². The molecule has 0 amide bonds. The molecule has 1 nitrogen and oxygen atoms in total. The minimum atomic E-state index is 0.325. The molecule has 0 heterocycles. The third-order valence-corrected chi connectivity index (χ3v) is 2.24. The molecule has 13 heavy (non-hydrogen) atoms. The van der Waals surface area contributed by atoms with Crippen molar-refractivity contribution in [3.05, 3.63) is 12.7 Å². The number of allylic oxidation sites excluding steroid dienone is 1. The summed E-state index contributed by atoms with van der Waals surface area (Å²) in [5.41, 5.74) is 0. The van der Waals surface area contributed by atoms with Gasteiger partial charge in [-0.3, -0.25) is 4.99 Å². The van der Waals surface area contributed by atoms with Gasteiger partial charge in [0.2, 0.25) is 0 Å². The number of terminal acetylenes is 1. The fourth-order valence-electron chi connectivity index (χ4n) is 1.14. The van der Waals surface area contributed by atoms with E-state index < -0.39 is 0 Å². The summed E-state index contributed by atoms with van der Waals surface area (Å²) in [6.45, 7) is 8.70. The van der Waals surface area contributed by atoms with Crippen molar-refractivity contribution in [1.82, 2.24) is 0 Å². The molecule has 0 aromatic carbocycles. The molecule has 0 radical (unpaired) electrons. The summed E-state index contributed by atoms with van der Waals surface area (Å²) in [5, 5.41) is 0. The Kier molecular flexibility index (Phi) is 7.01. The summed E-state index contributed by atoms with van der Waals surface area (Å²) in [7, 11) is 0. The highest BCUT2D eigenvalue weighted by Crippen LogP contribution is 2.14. The maximum absolute atomic E-state index is 5.36. The van der Waals surface area contributed by atoms with Gasteiger partial charge in [-0.1, -0.05) is 26.3 Å². The van der Waals surface area contributed by atoms with E-state index in [0.717, 1.165) is 19.4 Å². The van der Waals surface area contributed by atoms with Crippen molar-refractivity contribution >= 4 is 6.21 Å². The molecule has 0 aliphatic heterocycles. The van der Waals surface area contributed by atoms with Gasteiger partial charge in [-0.25, -0.2) is 0 Å². The first-order valence-corrected chi connectivity index (χ1v) is 4.81. The van der Waals surface area contributed by atoms with E-state index >= 15 is 0 Å². The fourth-order valence-corrected chi connectivity index (χ4v) is 1.14. The average molecular weight is 177 g/mol. The molecule has 0 aliphatic carbocycles. The van der Waals surface area contributed by atoms with Gasteiger partial charge in [-0.05, 0) is 12.3 Å². The fraction of sp³-hybridized carbons (Fsp3) is 0.583. The maximum atomic E-state index is 5.36. The molecular formula is C12H19N. The molecule has 0 saturated heterocycles. The Morgan fingerprint density at radius 3 is 2.77 bits per heavy atom. The molecule has 0 spiro atoms. The zero-order valence-electron chi connectivity index (χ0n) is 8.66. The molecule has 2 unspecified atom stereocenters. The first-order chi connectivity index (χ1) is 6.26. The van der Waals surface area contributed by atoms with Crippen LogP contribution in [0.3, 0.4) is 0 Å². The number of hydrogen-bond acceptors (Lipinski definition) is 1. The molecule has 0 N–H and O–H groups in total. The van der Waals surface area contributed by atoms with Crippen molar-refractivity contribution in [2.75, 3.05) is 6.54 Å². The molecule has 0 aromatic heterocycles. The molecule has 72 valence electrons. The van der Waals surface area contributed by atoms with Crippen LogP contribution in [0.2, 0.25) is 0 Å². The Morgan fingerprint density at radius 2 is 2.31 bits per heavy atom. The smallest absolute Gasteiger partial charge is 0.0425 e. The van der Waals surface area contributed by atoms with Crippen LogP contribution in [0.15, 0.2) is 17.6 Å². The maximum Gasteiger partial charge on any atom is 0.0425 e. The third kappa shape index (κ3) is 5.25. The van der Waals surface area contributed by atoms with E-state index in [0.29, 0.717) is 11.8 Å². The monoisotopic (exact) mass is 177 g/mol. The molecule has 0 saturated carbocycles. The largest absolute Gasteiger partial charge is 0.297 e. The second-order valence-electron chi connectivity index (χ2n) is 3.20. The molecular weight excluding hydrogens is 158 g/mol. The zero-order chi connectivity index (χ0) is 10.1. The Labute approximate surface area is 82.0 Å². The SMILES string of the molecule is C#CC(C)C(CC)CN=CCC=C. The highest BCUT2D eigenvalue weighted by Gasteiger charge is 2.11. The molecule has 2 atom stereocenters. The molecule has 0 rings (SSSR count). The van der Waals surface area contributed by atoms with Gasteiger partial charge in [0.1, 0.15) is 0 Å². The van der Waals surface area contributed by atoms with Crippen LogP contribution in [0.1, 0.15) is 26.7 Å². The van der Waals surface area contributed by atoms with Crippen LogP contribution < -0.4 is 0 Å². The van der Waals surface area contributed by atoms with Gasteiger partial charge in [0.25, 0.3) is 0 Å². The van der Waals surface area contributed by atoms with Crippen LogP contribution in [-0.2, 0) is 0 Å². The van der Waals surface area contributed by atoms with Gasteiger partial charge in [0.05, 0.1) is 0 Å². The van der Waals surface area contributed by atoms with Crippen LogP contribution >= 0.6 is 0 Å². The molecule has 1 heteroatoms. The first kappa shape index (κ1) is 12.0. The molecule has 0 bridgehead atoms. The summed E-state index contributed by atoms with van der Waals surface area (Å²) in [4.78, 5) is 4.31. The van der Waals surface area contributed by atoms with Crippen molar-refractivity contribution in [3.63, 3.8) is 0 Å². The second kappa shape index (κ2) is 7.61. The number of rotatable bonds is 6. The van der Waals surface area contributed by atoms with Crippen LogP contribution in [-0.4, -0.2) is 12.8 Å². The van der Waals surface area contributed by atoms with E-state index in [2.05, 4.69) is 31.3 Å². The third-order valence-electron chi connectivity index (χ3n) is 2.24. The molecule has 0 fully saturated rings. The van der Waals surface area contributed by atoms with Crippen LogP contribution in [0.25, 0.3) is 0 Å². The summed E-state index contributed by atoms with van der Waals surface area (Å²) in [6.07, 6.45) is 11.0. The minimum Gasteiger partial charge on any atom is -0.297 e. The Balaban J connectivity index is 3.85. The lowest BCUT2D eigenvalue weighted by molar-refractivity contribution is 0.430. The van der Waals surface area contributed by atoms with Gasteiger partial charge in [0.15, 0.2) is 0 Å². The summed E-state index contributed by atoms with van der Waals surface area (Å²) in [6, 6.07) is 0. The van der Waals surface area contributed by atoms with E-state index in [-0.39, 0.29) is 0 Å². The Hall–Kier alpha value is -1.03. The van der Waals surface area contributed by atoms with E-state index in [4.69, 9.17) is 6.42 Å². The van der Waals surface area contributed by atoms with Crippen molar-refractivity contribution in [2.24, 2.45) is 16.8 Å². The van der Waals surface area contributed by atoms with Crippen molar-refractivity contribution < 1.29 is 0 Å². The Bertz CT molecular complexity index is 198. The van der Waals surface area contributed by atoms with Gasteiger partial charge in [-0.2, -0.15) is 0 Å². The topological polar surface area (TPSA) is 12.4 Å². The van der Waals surface area contributed by atoms with Crippen LogP contribution in [0.4, 0.5) is 0 Å². The summed E-state index contributed by atoms with van der Waals surface area (Å²) >= 11 is 0. The average Bonchev–Trinajstić information content (AvgIpc) is 2.17. The van der Waals surface area contributed by atoms with Gasteiger partial charge >= 0.3 is 0 Å². The van der Waals surface area contributed by atoms with E-state index in [9.17, 15) is 0 Å². The minimum absolute atomic E-state index is 0.325. The number of hydrogen-bond donors (Lipinski definition) is 0. The lowest BCUT2D eigenvalue weighted by Gasteiger charge is -2.14. The van der Waals surface area contributed by atoms with E-state index in [1.54, 1.807) is 0 Å². The first-order valence-electron chi connectivity index (χ1n) is 4.81. The van der Waals surface area contributed by atoms with E-state index in [1.165, 1.54) is 0 Å². The van der Waals surface area contributed by atoms with Gasteiger partial charge < -0.3 is 0 Å². The summed E-state index contributed by atoms with van der Waals surface area (Å²) in [5.74, 6) is 3.61. The zero-order valence-corrected chi connectivity index (χ0v) is 8.66. The predicted molar refractivity (Wildman–Crippen MR) is 60.0 cm³/mol. The second-order valence-corrected chi connectivity index (χ2v) is 3.20. The predicted octanol–water partition coefficient (Wildman–Crippen LogP) is 2.93. The van der Waals surface area contributed by atoms with Crippen molar-refractivity contribution in [3.8, 4) is 12.3 Å². The Morgan fingerprint density at radius 1 is 1.62 bits per heavy atom. The number of nitrogens with zero attached hydrogens (tertiary/aromatic N) is 1. The summed E-state index contributed by atoms with van der Waals surface area (Å²) < 4.78 is 0. The number of aliphatic imine (C=N–C) groups is 1. The normalized spacial score (nSPS) is 15.2. The van der Waals surface area contributed by atoms with Crippen molar-refractivity contribution in [1.29, 1.82) is 0 Å². The lowest BCUT2D eigenvalue weighted by atomic mass is 9.92. The highest BCUT2D eigenvalue weighted by molar-refractivity contribution is 5.59. The quantitative estimate of drug-likeness (QED) is 0.336. The highest BCUT2D eigenvalue weighted by atomic mass is 14.7. The van der Waals surface area contributed by atoms with Gasteiger partial charge in [-0.15, -0.1) is 18.9 Å². The lowest BCUT2D eigenvalue weighted by Crippen LogP contribution is -2.12. The van der Waals surface area contributed by atoms with Gasteiger partial charge in [0, 0.05) is 18.7 Å². The van der Waals surface area contributed by atoms with Crippen LogP contribution in [0.5, 0.6) is 0 Å².